The van der Waals surface area contributed by atoms with Gasteiger partial charge in [0.15, 0.2) is 29.8 Å². The van der Waals surface area contributed by atoms with E-state index in [0.29, 0.717) is 50.2 Å². The third-order valence-electron chi connectivity index (χ3n) is 9.20. The van der Waals surface area contributed by atoms with Gasteiger partial charge in [0, 0.05) is 25.1 Å². The van der Waals surface area contributed by atoms with Crippen molar-refractivity contribution >= 4 is 5.97 Å². The fourth-order valence-corrected chi connectivity index (χ4v) is 6.71. The van der Waals surface area contributed by atoms with Gasteiger partial charge in [-0.25, -0.2) is 0 Å². The highest BCUT2D eigenvalue weighted by molar-refractivity contribution is 5.67. The van der Waals surface area contributed by atoms with Crippen LogP contribution in [0.15, 0.2) is 53.9 Å². The van der Waals surface area contributed by atoms with Crippen LogP contribution in [0.25, 0.3) is 0 Å². The lowest BCUT2D eigenvalue weighted by atomic mass is 9.82. The summed E-state index contributed by atoms with van der Waals surface area (Å²) in [5, 5.41) is 67.5. The van der Waals surface area contributed by atoms with E-state index in [-0.39, 0.29) is 66.8 Å². The van der Waals surface area contributed by atoms with Crippen molar-refractivity contribution in [3.8, 4) is 28.7 Å². The Morgan fingerprint density at radius 3 is 2.58 bits per heavy atom. The van der Waals surface area contributed by atoms with E-state index in [1.165, 1.54) is 13.2 Å². The first kappa shape index (κ1) is 38.6. The van der Waals surface area contributed by atoms with E-state index in [4.69, 9.17) is 29.8 Å². The summed E-state index contributed by atoms with van der Waals surface area (Å²) >= 11 is 0. The molecule has 0 bridgehead atoms. The molecule has 14 nitrogen and oxygen atoms in total. The number of aromatic hydroxyl groups is 2. The minimum absolute atomic E-state index is 0.0299. The number of benzene rings is 2. The van der Waals surface area contributed by atoms with Gasteiger partial charge in [0.25, 0.3) is 0 Å². The number of carboxylic acid groups (broad SMARTS) is 1. The number of allylic oxidation sites excluding steroid dienone is 2. The van der Waals surface area contributed by atoms with Crippen molar-refractivity contribution in [3.63, 3.8) is 0 Å². The monoisotopic (exact) mass is 701 g/mol. The van der Waals surface area contributed by atoms with Crippen LogP contribution in [0.4, 0.5) is 0 Å². The summed E-state index contributed by atoms with van der Waals surface area (Å²) in [5.74, 6) is -1.20. The lowest BCUT2D eigenvalue weighted by Crippen LogP contribution is -2.42. The van der Waals surface area contributed by atoms with Crippen LogP contribution in [-0.4, -0.2) is 95.1 Å². The lowest BCUT2D eigenvalue weighted by molar-refractivity contribution is -0.144. The summed E-state index contributed by atoms with van der Waals surface area (Å²) in [6.07, 6.45) is 3.87. The first-order chi connectivity index (χ1) is 24.1. The number of carbonyl (C=O) groups is 1. The van der Waals surface area contributed by atoms with Crippen LogP contribution in [-0.2, 0) is 16.0 Å². The molecule has 4 rings (SSSR count). The Hall–Kier alpha value is -4.21. The number of aliphatic hydroxyl groups excluding tert-OH is 3. The van der Waals surface area contributed by atoms with Crippen LogP contribution in [0.2, 0.25) is 0 Å². The minimum Gasteiger partial charge on any atom is -0.504 e. The molecule has 6 atom stereocenters. The standard InChI is InChI=1S/C36H51N3O11/c1-3-38-27(23(17-34(44)45)12-22-8-10-39-33(37)14-22)19-48-32-16-24(15-31(47-2)35(32)46)36-26(9-11-40)29(43)18-25(50-36)6-4-21-5-7-28(42)30(13-21)49-20-41/h5,7-8,13-16,23,25-27,29,36,38-43,46H,3-4,6,9-12,17-20,37H2,1-2H3,(H,44,45)/t23-,25-,26-,27+,29-,36+/m0/s1. The highest BCUT2D eigenvalue weighted by Gasteiger charge is 2.39. The maximum absolute atomic E-state index is 11.9. The highest BCUT2D eigenvalue weighted by atomic mass is 16.6. The molecule has 0 aliphatic carbocycles. The lowest BCUT2D eigenvalue weighted by Gasteiger charge is -2.40. The summed E-state index contributed by atoms with van der Waals surface area (Å²) in [7, 11) is 1.41. The van der Waals surface area contributed by atoms with Gasteiger partial charge in [-0.2, -0.15) is 0 Å². The largest absolute Gasteiger partial charge is 0.504 e. The molecule has 50 heavy (non-hydrogen) atoms. The molecule has 2 aliphatic heterocycles. The fourth-order valence-electron chi connectivity index (χ4n) is 6.71. The number of rotatable bonds is 19. The number of carboxylic acids is 1. The Morgan fingerprint density at radius 1 is 1.12 bits per heavy atom. The molecule has 0 spiro atoms. The summed E-state index contributed by atoms with van der Waals surface area (Å²) in [5.41, 5.74) is 8.29. The van der Waals surface area contributed by atoms with Crippen LogP contribution >= 0.6 is 0 Å². The van der Waals surface area contributed by atoms with Crippen LogP contribution in [0, 0.1) is 11.8 Å². The first-order valence-corrected chi connectivity index (χ1v) is 17.0. The Balaban J connectivity index is 1.57. The Kier molecular flexibility index (Phi) is 14.4. The molecule has 2 aromatic carbocycles. The second-order valence-corrected chi connectivity index (χ2v) is 12.6. The predicted molar refractivity (Wildman–Crippen MR) is 184 cm³/mol. The molecule has 0 amide bonds. The van der Waals surface area contributed by atoms with Gasteiger partial charge in [-0.05, 0) is 91.6 Å². The van der Waals surface area contributed by atoms with Crippen LogP contribution in [0.1, 0.15) is 56.3 Å². The zero-order valence-corrected chi connectivity index (χ0v) is 28.6. The van der Waals surface area contributed by atoms with E-state index in [0.717, 1.165) is 11.1 Å². The van der Waals surface area contributed by atoms with E-state index in [1.54, 1.807) is 30.3 Å². The third kappa shape index (κ3) is 10.4. The number of hydrogen-bond donors (Lipinski definition) is 9. The number of aliphatic hydroxyl groups is 3. The van der Waals surface area contributed by atoms with Gasteiger partial charge in [-0.3, -0.25) is 4.79 Å². The minimum atomic E-state index is -0.947. The fraction of sp³-hybridized carbons (Fsp3) is 0.528. The van der Waals surface area contributed by atoms with Crippen molar-refractivity contribution in [3.05, 3.63) is 65.0 Å². The molecule has 0 saturated carbocycles. The topological polar surface area (TPSA) is 225 Å². The molecule has 0 radical (unpaired) electrons. The number of methoxy groups -OCH3 is 1. The van der Waals surface area contributed by atoms with E-state index >= 15 is 0 Å². The highest BCUT2D eigenvalue weighted by Crippen LogP contribution is 2.45. The van der Waals surface area contributed by atoms with Crippen LogP contribution in [0.5, 0.6) is 28.7 Å². The van der Waals surface area contributed by atoms with Gasteiger partial charge >= 0.3 is 5.97 Å². The van der Waals surface area contributed by atoms with Gasteiger partial charge in [-0.15, -0.1) is 0 Å². The van der Waals surface area contributed by atoms with Crippen LogP contribution < -0.4 is 30.6 Å². The number of phenolic OH excluding ortho intramolecular Hbond substituents is 2. The number of hydrogen-bond acceptors (Lipinski definition) is 13. The zero-order chi connectivity index (χ0) is 36.2. The second kappa shape index (κ2) is 18.7. The van der Waals surface area contributed by atoms with Gasteiger partial charge in [-0.1, -0.05) is 19.1 Å². The number of nitrogens with one attached hydrogen (secondary N) is 2. The van der Waals surface area contributed by atoms with Crippen molar-refractivity contribution in [2.45, 2.75) is 69.8 Å². The third-order valence-corrected chi connectivity index (χ3v) is 9.20. The smallest absolute Gasteiger partial charge is 0.303 e. The SMILES string of the molecule is CCN[C@H](COc1cc([C@H]2O[C@@H](CCc3ccc(O)c(OCO)c3)C[C@H](O)[C@@H]2CCO)cc(OC)c1O)[C@H](CC(=O)O)CC1=CCNC(N)=C1. The average Bonchev–Trinajstić information content (AvgIpc) is 3.08. The number of nitrogens with two attached hydrogens (primary N) is 1. The molecule has 0 unspecified atom stereocenters. The second-order valence-electron chi connectivity index (χ2n) is 12.6. The van der Waals surface area contributed by atoms with Crippen LogP contribution in [0.3, 0.4) is 0 Å². The summed E-state index contributed by atoms with van der Waals surface area (Å²) in [4.78, 5) is 11.9. The Morgan fingerprint density at radius 2 is 1.90 bits per heavy atom. The van der Waals surface area contributed by atoms with E-state index in [9.17, 15) is 30.3 Å². The zero-order valence-electron chi connectivity index (χ0n) is 28.6. The van der Waals surface area contributed by atoms with Crippen molar-refractivity contribution in [2.24, 2.45) is 17.6 Å². The molecule has 2 aliphatic rings. The number of phenols is 2. The Labute approximate surface area is 292 Å². The van der Waals surface area contributed by atoms with Crippen molar-refractivity contribution in [1.29, 1.82) is 0 Å². The number of aryl methyl sites for hydroxylation is 1. The number of dihydropyridines is 1. The number of aliphatic carboxylic acids is 1. The maximum Gasteiger partial charge on any atom is 0.303 e. The van der Waals surface area contributed by atoms with Gasteiger partial charge in [0.1, 0.15) is 6.61 Å². The summed E-state index contributed by atoms with van der Waals surface area (Å²) in [6, 6.07) is 7.73. The molecule has 0 aromatic heterocycles. The van der Waals surface area contributed by atoms with Crippen molar-refractivity contribution in [2.75, 3.05) is 40.2 Å². The van der Waals surface area contributed by atoms with Crippen molar-refractivity contribution in [1.82, 2.24) is 10.6 Å². The van der Waals surface area contributed by atoms with Gasteiger partial charge in [0.2, 0.25) is 5.75 Å². The molecular weight excluding hydrogens is 650 g/mol. The van der Waals surface area contributed by atoms with Gasteiger partial charge < -0.3 is 66.0 Å². The molecule has 10 N–H and O–H groups in total. The van der Waals surface area contributed by atoms with Crippen molar-refractivity contribution < 1.29 is 54.4 Å². The van der Waals surface area contributed by atoms with E-state index in [1.807, 2.05) is 13.0 Å². The van der Waals surface area contributed by atoms with E-state index < -0.39 is 36.9 Å². The number of ether oxygens (including phenoxy) is 4. The molecular formula is C36H51N3O11. The Bertz CT molecular complexity index is 1480. The molecule has 2 aromatic rings. The normalized spacial score (nSPS) is 21.7. The van der Waals surface area contributed by atoms with E-state index in [2.05, 4.69) is 10.6 Å². The molecule has 1 fully saturated rings. The first-order valence-electron chi connectivity index (χ1n) is 17.0. The van der Waals surface area contributed by atoms with Gasteiger partial charge in [0.05, 0.1) is 37.7 Å². The molecule has 1 saturated heterocycles. The molecule has 2 heterocycles. The summed E-state index contributed by atoms with van der Waals surface area (Å²) in [6.45, 7) is 2.30. The predicted octanol–water partition coefficient (Wildman–Crippen LogP) is 2.42. The molecule has 14 heteroatoms. The summed E-state index contributed by atoms with van der Waals surface area (Å²) < 4.78 is 23.4. The maximum atomic E-state index is 11.9. The molecule has 276 valence electrons. The average molecular weight is 702 g/mol. The number of likely N-dealkylation sites (N-methyl/N-ethyl adjacent to an activating group) is 1. The quantitative estimate of drug-likeness (QED) is 0.0960.